The third-order valence-electron chi connectivity index (χ3n) is 4.54. The number of thiazole rings is 1. The van der Waals surface area contributed by atoms with Crippen LogP contribution in [-0.4, -0.2) is 36.3 Å². The van der Waals surface area contributed by atoms with Crippen molar-refractivity contribution in [1.82, 2.24) is 10.3 Å². The van der Waals surface area contributed by atoms with Crippen molar-refractivity contribution in [1.29, 1.82) is 0 Å². The molecule has 31 heavy (non-hydrogen) atoms. The first-order valence-electron chi connectivity index (χ1n) is 9.50. The first kappa shape index (κ1) is 21.2. The van der Waals surface area contributed by atoms with E-state index < -0.39 is 0 Å². The predicted octanol–water partition coefficient (Wildman–Crippen LogP) is 3.71. The number of methoxy groups -OCH3 is 1. The lowest BCUT2D eigenvalue weighted by Gasteiger charge is -2.05. The van der Waals surface area contributed by atoms with Gasteiger partial charge in [-0.25, -0.2) is 4.98 Å². The lowest BCUT2D eigenvalue weighted by Crippen LogP contribution is -2.24. The maximum absolute atomic E-state index is 12.5. The maximum atomic E-state index is 12.5. The second-order valence-electron chi connectivity index (χ2n) is 6.69. The topological polar surface area (TPSA) is 86.8 Å². The zero-order chi connectivity index (χ0) is 21.6. The molecule has 0 saturated heterocycles. The molecule has 0 aliphatic carbocycles. The van der Waals surface area contributed by atoms with Crippen molar-refractivity contribution in [2.24, 2.45) is 0 Å². The number of hydrogen-bond acceptors (Lipinski definition) is 8. The van der Waals surface area contributed by atoms with Crippen LogP contribution in [0.1, 0.15) is 21.6 Å². The van der Waals surface area contributed by atoms with Gasteiger partial charge in [-0.2, -0.15) is 0 Å². The van der Waals surface area contributed by atoms with Gasteiger partial charge in [0.15, 0.2) is 21.6 Å². The number of Topliss-reactive ketones (excluding diaryl/α,β-unsaturated/α-hetero) is 1. The Hall–Kier alpha value is -3.04. The molecule has 4 rings (SSSR count). The standard InChI is InChI=1S/C22H20N2O5S2/c1-27-17-5-2-14(3-6-17)10-23-21(26)9-16-11-30-22(24-16)31-12-18(25)15-4-7-19-20(8-15)29-13-28-19/h2-8,11H,9-10,12-13H2,1H3,(H,23,26). The molecule has 1 N–H and O–H groups in total. The van der Waals surface area contributed by atoms with E-state index >= 15 is 0 Å². The van der Waals surface area contributed by atoms with E-state index in [0.29, 0.717) is 29.3 Å². The normalized spacial score (nSPS) is 11.9. The Bertz CT molecular complexity index is 1080. The molecule has 1 aliphatic rings. The van der Waals surface area contributed by atoms with E-state index in [1.54, 1.807) is 25.3 Å². The molecule has 1 aromatic heterocycles. The molecule has 3 aromatic rings. The fourth-order valence-corrected chi connectivity index (χ4v) is 4.63. The van der Waals surface area contributed by atoms with E-state index in [0.717, 1.165) is 15.7 Å². The molecular weight excluding hydrogens is 436 g/mol. The number of hydrogen-bond donors (Lipinski definition) is 1. The van der Waals surface area contributed by atoms with Crippen LogP contribution in [0.3, 0.4) is 0 Å². The minimum Gasteiger partial charge on any atom is -0.497 e. The van der Waals surface area contributed by atoms with Crippen molar-refractivity contribution < 1.29 is 23.8 Å². The van der Waals surface area contributed by atoms with Crippen LogP contribution in [0.5, 0.6) is 17.2 Å². The quantitative estimate of drug-likeness (QED) is 0.388. The molecule has 0 spiro atoms. The SMILES string of the molecule is COc1ccc(CNC(=O)Cc2csc(SCC(=O)c3ccc4c(c3)OCO4)n2)cc1. The van der Waals surface area contributed by atoms with Crippen molar-refractivity contribution in [3.05, 3.63) is 64.7 Å². The van der Waals surface area contributed by atoms with E-state index in [1.807, 2.05) is 29.6 Å². The van der Waals surface area contributed by atoms with Crippen molar-refractivity contribution in [2.75, 3.05) is 19.7 Å². The number of ether oxygens (including phenoxy) is 3. The number of aromatic nitrogens is 1. The Balaban J connectivity index is 1.24. The maximum Gasteiger partial charge on any atom is 0.231 e. The number of nitrogens with zero attached hydrogens (tertiary/aromatic N) is 1. The molecule has 0 radical (unpaired) electrons. The number of carbonyl (C=O) groups excluding carboxylic acids is 2. The second kappa shape index (κ2) is 9.84. The number of ketones is 1. The average Bonchev–Trinajstić information content (AvgIpc) is 3.45. The van der Waals surface area contributed by atoms with E-state index in [2.05, 4.69) is 10.3 Å². The van der Waals surface area contributed by atoms with Gasteiger partial charge in [-0.15, -0.1) is 11.3 Å². The largest absolute Gasteiger partial charge is 0.497 e. The summed E-state index contributed by atoms with van der Waals surface area (Å²) in [6.45, 7) is 0.621. The Labute approximate surface area is 187 Å². The lowest BCUT2D eigenvalue weighted by molar-refractivity contribution is -0.120. The molecule has 1 amide bonds. The monoisotopic (exact) mass is 456 g/mol. The lowest BCUT2D eigenvalue weighted by atomic mass is 10.1. The van der Waals surface area contributed by atoms with Crippen molar-refractivity contribution in [3.8, 4) is 17.2 Å². The third kappa shape index (κ3) is 5.56. The second-order valence-corrected chi connectivity index (χ2v) is 8.77. The number of benzene rings is 2. The molecular formula is C22H20N2O5S2. The molecule has 0 unspecified atom stereocenters. The Kier molecular flexibility index (Phi) is 6.73. The van der Waals surface area contributed by atoms with E-state index in [-0.39, 0.29) is 30.7 Å². The Morgan fingerprint density at radius 1 is 1.16 bits per heavy atom. The number of fused-ring (bicyclic) bond motifs is 1. The van der Waals surface area contributed by atoms with Crippen molar-refractivity contribution >= 4 is 34.8 Å². The highest BCUT2D eigenvalue weighted by Crippen LogP contribution is 2.33. The van der Waals surface area contributed by atoms with Crippen molar-refractivity contribution in [3.63, 3.8) is 0 Å². The smallest absolute Gasteiger partial charge is 0.231 e. The Morgan fingerprint density at radius 2 is 1.97 bits per heavy atom. The van der Waals surface area contributed by atoms with Gasteiger partial charge in [-0.05, 0) is 35.9 Å². The van der Waals surface area contributed by atoms with Crippen LogP contribution >= 0.6 is 23.1 Å². The number of thioether (sulfide) groups is 1. The van der Waals surface area contributed by atoms with Crippen molar-refractivity contribution in [2.45, 2.75) is 17.3 Å². The fraction of sp³-hybridized carbons (Fsp3) is 0.227. The molecule has 2 heterocycles. The average molecular weight is 457 g/mol. The molecule has 0 saturated carbocycles. The van der Waals surface area contributed by atoms with Gasteiger partial charge in [-0.3, -0.25) is 9.59 Å². The predicted molar refractivity (Wildman–Crippen MR) is 118 cm³/mol. The zero-order valence-electron chi connectivity index (χ0n) is 16.8. The summed E-state index contributed by atoms with van der Waals surface area (Å²) in [6, 6.07) is 12.7. The highest BCUT2D eigenvalue weighted by Gasteiger charge is 2.17. The first-order chi connectivity index (χ1) is 15.1. The van der Waals surface area contributed by atoms with Crippen LogP contribution in [0.2, 0.25) is 0 Å². The summed E-state index contributed by atoms with van der Waals surface area (Å²) in [5.74, 6) is 2.16. The molecule has 2 aromatic carbocycles. The molecule has 0 bridgehead atoms. The number of rotatable bonds is 9. The van der Waals surface area contributed by atoms with Crippen LogP contribution in [0.4, 0.5) is 0 Å². The van der Waals surface area contributed by atoms with Crippen LogP contribution in [0, 0.1) is 0 Å². The first-order valence-corrected chi connectivity index (χ1v) is 11.4. The van der Waals surface area contributed by atoms with Crippen LogP contribution in [-0.2, 0) is 17.8 Å². The van der Waals surface area contributed by atoms with E-state index in [1.165, 1.54) is 23.1 Å². The summed E-state index contributed by atoms with van der Waals surface area (Å²) >= 11 is 2.79. The zero-order valence-corrected chi connectivity index (χ0v) is 18.4. The summed E-state index contributed by atoms with van der Waals surface area (Å²) < 4.78 is 16.5. The van der Waals surface area contributed by atoms with Gasteiger partial charge in [-0.1, -0.05) is 23.9 Å². The summed E-state index contributed by atoms with van der Waals surface area (Å²) in [4.78, 5) is 29.1. The van der Waals surface area contributed by atoms with Crippen LogP contribution in [0.25, 0.3) is 0 Å². The molecule has 7 nitrogen and oxygen atoms in total. The van der Waals surface area contributed by atoms with Gasteiger partial charge < -0.3 is 19.5 Å². The summed E-state index contributed by atoms with van der Waals surface area (Å²) in [6.07, 6.45) is 0.198. The summed E-state index contributed by atoms with van der Waals surface area (Å²) in [5.41, 5.74) is 2.26. The highest BCUT2D eigenvalue weighted by atomic mass is 32.2. The van der Waals surface area contributed by atoms with Gasteiger partial charge in [0, 0.05) is 17.5 Å². The summed E-state index contributed by atoms with van der Waals surface area (Å²) in [5, 5.41) is 4.74. The number of nitrogens with one attached hydrogen (secondary N) is 1. The molecule has 160 valence electrons. The van der Waals surface area contributed by atoms with Crippen LogP contribution in [0.15, 0.2) is 52.2 Å². The van der Waals surface area contributed by atoms with Gasteiger partial charge in [0.25, 0.3) is 0 Å². The molecule has 9 heteroatoms. The van der Waals surface area contributed by atoms with Gasteiger partial charge in [0.1, 0.15) is 5.75 Å². The Morgan fingerprint density at radius 3 is 2.77 bits per heavy atom. The van der Waals surface area contributed by atoms with Crippen LogP contribution < -0.4 is 19.5 Å². The van der Waals surface area contributed by atoms with Gasteiger partial charge in [0.2, 0.25) is 12.7 Å². The minimum atomic E-state index is -0.103. The molecule has 0 fully saturated rings. The van der Waals surface area contributed by atoms with E-state index in [9.17, 15) is 9.59 Å². The molecule has 1 aliphatic heterocycles. The third-order valence-corrected chi connectivity index (χ3v) is 6.61. The van der Waals surface area contributed by atoms with E-state index in [4.69, 9.17) is 14.2 Å². The van der Waals surface area contributed by atoms with Gasteiger partial charge in [0.05, 0.1) is 25.0 Å². The van der Waals surface area contributed by atoms with Gasteiger partial charge >= 0.3 is 0 Å². The minimum absolute atomic E-state index is 0.0164. The highest BCUT2D eigenvalue weighted by molar-refractivity contribution is 8.01. The fourth-order valence-electron chi connectivity index (χ4n) is 2.89. The summed E-state index contributed by atoms with van der Waals surface area (Å²) in [7, 11) is 1.62. The number of amides is 1. The molecule has 0 atom stereocenters. The number of carbonyl (C=O) groups is 2.